The van der Waals surface area contributed by atoms with Crippen LogP contribution >= 0.6 is 11.8 Å². The normalized spacial score (nSPS) is 19.5. The van der Waals surface area contributed by atoms with Crippen molar-refractivity contribution in [2.45, 2.75) is 43.0 Å². The zero-order valence-electron chi connectivity index (χ0n) is 14.7. The number of hydrogen-bond donors (Lipinski definition) is 1. The maximum Gasteiger partial charge on any atom is 0.230 e. The molecule has 1 saturated carbocycles. The Labute approximate surface area is 156 Å². The maximum atomic E-state index is 12.1. The van der Waals surface area contributed by atoms with Gasteiger partial charge in [0.2, 0.25) is 5.91 Å². The van der Waals surface area contributed by atoms with Gasteiger partial charge in [-0.3, -0.25) is 4.79 Å². The van der Waals surface area contributed by atoms with Crippen LogP contribution in [0.1, 0.15) is 37.6 Å². The van der Waals surface area contributed by atoms with Crippen LogP contribution < -0.4 is 14.8 Å². The molecule has 1 aromatic heterocycles. The first-order valence-electron chi connectivity index (χ1n) is 8.90. The molecule has 138 valence electrons. The largest absolute Gasteiger partial charge is 0.485 e. The number of ether oxygens (including phenoxy) is 2. The Balaban J connectivity index is 1.36. The summed E-state index contributed by atoms with van der Waals surface area (Å²) in [4.78, 5) is 12.1. The highest BCUT2D eigenvalue weighted by atomic mass is 32.2. The zero-order chi connectivity index (χ0) is 17.9. The Morgan fingerprint density at radius 2 is 2.04 bits per heavy atom. The predicted octanol–water partition coefficient (Wildman–Crippen LogP) is 2.48. The fraction of sp³-hybridized carbons (Fsp3) is 0.500. The molecule has 1 aromatic carbocycles. The fourth-order valence-electron chi connectivity index (χ4n) is 3.35. The lowest BCUT2D eigenvalue weighted by atomic mass is 10.2. The third kappa shape index (κ3) is 3.65. The second kappa shape index (κ2) is 7.57. The van der Waals surface area contributed by atoms with Crippen LogP contribution in [0.25, 0.3) is 0 Å². The van der Waals surface area contributed by atoms with E-state index in [0.29, 0.717) is 35.1 Å². The van der Waals surface area contributed by atoms with E-state index < -0.39 is 0 Å². The van der Waals surface area contributed by atoms with E-state index in [1.807, 2.05) is 35.9 Å². The molecule has 2 heterocycles. The van der Waals surface area contributed by atoms with Gasteiger partial charge in [0.25, 0.3) is 0 Å². The van der Waals surface area contributed by atoms with Gasteiger partial charge in [0.1, 0.15) is 6.61 Å². The third-order valence-corrected chi connectivity index (χ3v) is 5.74. The molecule has 1 N–H and O–H groups in total. The van der Waals surface area contributed by atoms with Crippen molar-refractivity contribution >= 4 is 17.7 Å². The number of hydrogen-bond acceptors (Lipinski definition) is 6. The monoisotopic (exact) mass is 374 g/mol. The number of rotatable bonds is 5. The van der Waals surface area contributed by atoms with Gasteiger partial charge in [0.15, 0.2) is 28.6 Å². The lowest BCUT2D eigenvalue weighted by Gasteiger charge is -2.25. The highest BCUT2D eigenvalue weighted by Gasteiger charge is 2.27. The van der Waals surface area contributed by atoms with Crippen LogP contribution in [0, 0.1) is 0 Å². The first kappa shape index (κ1) is 17.2. The minimum Gasteiger partial charge on any atom is -0.485 e. The first-order valence-corrected chi connectivity index (χ1v) is 9.89. The summed E-state index contributed by atoms with van der Waals surface area (Å²) in [5.41, 5.74) is 0. The number of carbonyl (C=O) groups is 1. The molecule has 0 saturated heterocycles. The van der Waals surface area contributed by atoms with Gasteiger partial charge in [0, 0.05) is 13.1 Å². The van der Waals surface area contributed by atoms with Crippen molar-refractivity contribution in [1.82, 2.24) is 20.1 Å². The average Bonchev–Trinajstić information content (AvgIpc) is 3.29. The number of nitrogens with one attached hydrogen (secondary N) is 1. The minimum absolute atomic E-state index is 0.0534. The number of aromatic nitrogens is 3. The van der Waals surface area contributed by atoms with Gasteiger partial charge >= 0.3 is 0 Å². The van der Waals surface area contributed by atoms with Crippen molar-refractivity contribution < 1.29 is 14.3 Å². The molecule has 8 heteroatoms. The molecular weight excluding hydrogens is 352 g/mol. The van der Waals surface area contributed by atoms with Crippen LogP contribution in [-0.4, -0.2) is 39.1 Å². The summed E-state index contributed by atoms with van der Waals surface area (Å²) < 4.78 is 13.6. The van der Waals surface area contributed by atoms with E-state index in [9.17, 15) is 4.79 Å². The maximum absolute atomic E-state index is 12.1. The molecular formula is C18H22N4O3S. The van der Waals surface area contributed by atoms with Gasteiger partial charge < -0.3 is 19.4 Å². The molecule has 1 amide bonds. The topological polar surface area (TPSA) is 78.3 Å². The molecule has 0 radical (unpaired) electrons. The van der Waals surface area contributed by atoms with E-state index >= 15 is 0 Å². The summed E-state index contributed by atoms with van der Waals surface area (Å²) in [5, 5.41) is 12.2. The van der Waals surface area contributed by atoms with Crippen molar-refractivity contribution in [3.63, 3.8) is 0 Å². The van der Waals surface area contributed by atoms with Crippen LogP contribution in [0.4, 0.5) is 0 Å². The minimum atomic E-state index is -0.316. The smallest absolute Gasteiger partial charge is 0.230 e. The number of thioether (sulfide) groups is 1. The van der Waals surface area contributed by atoms with E-state index in [1.165, 1.54) is 24.6 Å². The second-order valence-corrected chi connectivity index (χ2v) is 7.54. The van der Waals surface area contributed by atoms with E-state index in [4.69, 9.17) is 9.47 Å². The Bertz CT molecular complexity index is 788. The molecule has 1 aliphatic heterocycles. The standard InChI is InChI=1S/C18H22N4O3S/c1-22-17(15-10-24-13-8-4-5-9-14(13)25-15)20-21-18(22)26-11-16(23)19-12-6-2-3-7-12/h4-5,8-9,12,15H,2-3,6-7,10-11H2,1H3,(H,19,23)/t15-/m1/s1. The van der Waals surface area contributed by atoms with Crippen LogP contribution in [0.3, 0.4) is 0 Å². The predicted molar refractivity (Wildman–Crippen MR) is 97.4 cm³/mol. The first-order chi connectivity index (χ1) is 12.7. The van der Waals surface area contributed by atoms with Crippen LogP contribution in [0.2, 0.25) is 0 Å². The molecule has 2 aliphatic rings. The molecule has 7 nitrogen and oxygen atoms in total. The molecule has 1 atom stereocenters. The Morgan fingerprint density at radius 1 is 1.27 bits per heavy atom. The molecule has 0 bridgehead atoms. The fourth-order valence-corrected chi connectivity index (χ4v) is 4.08. The van der Waals surface area contributed by atoms with E-state index in [0.717, 1.165) is 18.6 Å². The van der Waals surface area contributed by atoms with Crippen molar-refractivity contribution in [3.8, 4) is 11.5 Å². The molecule has 1 aliphatic carbocycles. The highest BCUT2D eigenvalue weighted by Crippen LogP contribution is 2.35. The third-order valence-electron chi connectivity index (χ3n) is 4.72. The number of benzene rings is 1. The van der Waals surface area contributed by atoms with Crippen molar-refractivity contribution in [2.75, 3.05) is 12.4 Å². The van der Waals surface area contributed by atoms with Gasteiger partial charge in [-0.2, -0.15) is 0 Å². The molecule has 1 fully saturated rings. The summed E-state index contributed by atoms with van der Waals surface area (Å²) in [6.07, 6.45) is 4.27. The van der Waals surface area contributed by atoms with Crippen LogP contribution in [0.5, 0.6) is 11.5 Å². The number of amides is 1. The van der Waals surface area contributed by atoms with Gasteiger partial charge in [0.05, 0.1) is 5.75 Å². The van der Waals surface area contributed by atoms with Crippen molar-refractivity contribution in [2.24, 2.45) is 7.05 Å². The van der Waals surface area contributed by atoms with Gasteiger partial charge in [-0.15, -0.1) is 10.2 Å². The SMILES string of the molecule is Cn1c(SCC(=O)NC2CCCC2)nnc1[C@H]1COc2ccccc2O1. The number of fused-ring (bicyclic) bond motifs is 1. The van der Waals surface area contributed by atoms with Gasteiger partial charge in [-0.05, 0) is 25.0 Å². The lowest BCUT2D eigenvalue weighted by Crippen LogP contribution is -2.33. The summed E-state index contributed by atoms with van der Waals surface area (Å²) in [6.45, 7) is 0.385. The summed E-state index contributed by atoms with van der Waals surface area (Å²) in [7, 11) is 1.89. The second-order valence-electron chi connectivity index (χ2n) is 6.60. The summed E-state index contributed by atoms with van der Waals surface area (Å²) in [6, 6.07) is 7.92. The van der Waals surface area contributed by atoms with Crippen LogP contribution in [-0.2, 0) is 11.8 Å². The van der Waals surface area contributed by atoms with Crippen molar-refractivity contribution in [1.29, 1.82) is 0 Å². The molecule has 0 unspecified atom stereocenters. The summed E-state index contributed by atoms with van der Waals surface area (Å²) >= 11 is 1.39. The average molecular weight is 374 g/mol. The van der Waals surface area contributed by atoms with E-state index in [2.05, 4.69) is 15.5 Å². The van der Waals surface area contributed by atoms with Crippen LogP contribution in [0.15, 0.2) is 29.4 Å². The Morgan fingerprint density at radius 3 is 2.85 bits per heavy atom. The van der Waals surface area contributed by atoms with Gasteiger partial charge in [-0.1, -0.05) is 36.7 Å². The quantitative estimate of drug-likeness (QED) is 0.810. The molecule has 2 aromatic rings. The molecule has 4 rings (SSSR count). The lowest BCUT2D eigenvalue weighted by molar-refractivity contribution is -0.119. The van der Waals surface area contributed by atoms with Crippen molar-refractivity contribution in [3.05, 3.63) is 30.1 Å². The van der Waals surface area contributed by atoms with E-state index in [-0.39, 0.29) is 12.0 Å². The number of nitrogens with zero attached hydrogens (tertiary/aromatic N) is 3. The Hall–Kier alpha value is -2.22. The molecule has 26 heavy (non-hydrogen) atoms. The van der Waals surface area contributed by atoms with Gasteiger partial charge in [-0.25, -0.2) is 0 Å². The number of para-hydroxylation sites is 2. The number of carbonyl (C=O) groups excluding carboxylic acids is 1. The highest BCUT2D eigenvalue weighted by molar-refractivity contribution is 7.99. The zero-order valence-corrected chi connectivity index (χ0v) is 15.5. The Kier molecular flexibility index (Phi) is 5.01. The summed E-state index contributed by atoms with van der Waals surface area (Å²) in [5.74, 6) is 2.53. The molecule has 0 spiro atoms. The van der Waals surface area contributed by atoms with E-state index in [1.54, 1.807) is 0 Å².